The molecule has 0 heterocycles. The van der Waals surface area contributed by atoms with E-state index < -0.39 is 13.1 Å². The molecule has 0 fully saturated rings. The molecule has 1 atom stereocenters. The summed E-state index contributed by atoms with van der Waals surface area (Å²) in [5.41, 5.74) is 6.32. The van der Waals surface area contributed by atoms with Crippen LogP contribution in [0.5, 0.6) is 11.5 Å². The van der Waals surface area contributed by atoms with Crippen molar-refractivity contribution in [2.75, 3.05) is 19.8 Å². The fourth-order valence-electron chi connectivity index (χ4n) is 3.10. The minimum absolute atomic E-state index is 0.239. The van der Waals surface area contributed by atoms with E-state index in [0.717, 1.165) is 6.42 Å². The Labute approximate surface area is 194 Å². The molecule has 0 saturated heterocycles. The summed E-state index contributed by atoms with van der Waals surface area (Å²) in [5.74, 6) is 0.281. The lowest BCUT2D eigenvalue weighted by atomic mass is 9.80. The minimum atomic E-state index is -1.57. The highest BCUT2D eigenvalue weighted by Gasteiger charge is 2.19. The molecular formula is C24H32BNO7. The molecule has 2 aromatic carbocycles. The quantitative estimate of drug-likeness (QED) is 0.180. The number of carbonyl (C=O) groups is 2. The Kier molecular flexibility index (Phi) is 10.9. The van der Waals surface area contributed by atoms with E-state index in [1.807, 2.05) is 13.8 Å². The van der Waals surface area contributed by atoms with Crippen LogP contribution in [0, 0.1) is 11.8 Å². The van der Waals surface area contributed by atoms with E-state index in [4.69, 9.17) is 30.0 Å². The Morgan fingerprint density at radius 2 is 1.55 bits per heavy atom. The number of ether oxygens (including phenoxy) is 3. The molecule has 0 bridgehead atoms. The predicted molar refractivity (Wildman–Crippen MR) is 125 cm³/mol. The lowest BCUT2D eigenvalue weighted by Gasteiger charge is -2.16. The van der Waals surface area contributed by atoms with Crippen LogP contribution in [0.15, 0.2) is 48.5 Å². The van der Waals surface area contributed by atoms with Crippen LogP contribution in [0.25, 0.3) is 0 Å². The van der Waals surface area contributed by atoms with Crippen molar-refractivity contribution in [2.24, 2.45) is 17.6 Å². The van der Waals surface area contributed by atoms with Crippen LogP contribution in [-0.2, 0) is 9.53 Å². The molecule has 0 radical (unpaired) electrons. The van der Waals surface area contributed by atoms with E-state index in [-0.39, 0.29) is 11.9 Å². The number of rotatable bonds is 13. The van der Waals surface area contributed by atoms with Crippen molar-refractivity contribution in [2.45, 2.75) is 33.1 Å². The van der Waals surface area contributed by atoms with Gasteiger partial charge in [-0.2, -0.15) is 0 Å². The van der Waals surface area contributed by atoms with Gasteiger partial charge in [0.05, 0.1) is 24.7 Å². The first-order chi connectivity index (χ1) is 15.8. The molecule has 178 valence electrons. The highest BCUT2D eigenvalue weighted by molar-refractivity contribution is 6.58. The number of benzene rings is 2. The number of nitrogens with two attached hydrogens (primary N) is 1. The van der Waals surface area contributed by atoms with E-state index in [2.05, 4.69) is 0 Å². The highest BCUT2D eigenvalue weighted by atomic mass is 16.5. The maximum atomic E-state index is 12.2. The minimum Gasteiger partial charge on any atom is -0.494 e. The summed E-state index contributed by atoms with van der Waals surface area (Å²) in [7, 11) is -1.57. The van der Waals surface area contributed by atoms with Crippen LogP contribution < -0.4 is 20.7 Å². The second-order valence-corrected chi connectivity index (χ2v) is 8.14. The van der Waals surface area contributed by atoms with Gasteiger partial charge in [-0.1, -0.05) is 26.0 Å². The molecule has 0 aromatic heterocycles. The van der Waals surface area contributed by atoms with Gasteiger partial charge in [0, 0.05) is 6.54 Å². The number of esters is 2. The van der Waals surface area contributed by atoms with Crippen LogP contribution in [0.2, 0.25) is 0 Å². The Bertz CT molecular complexity index is 869. The Morgan fingerprint density at radius 3 is 2.12 bits per heavy atom. The fraction of sp³-hybridized carbons (Fsp3) is 0.417. The van der Waals surface area contributed by atoms with E-state index in [1.165, 1.54) is 24.3 Å². The average molecular weight is 457 g/mol. The number of carbonyl (C=O) groups excluding carboxylic acids is 2. The summed E-state index contributed by atoms with van der Waals surface area (Å²) in [4.78, 5) is 24.3. The third kappa shape index (κ3) is 9.25. The van der Waals surface area contributed by atoms with Gasteiger partial charge in [0.1, 0.15) is 11.5 Å². The van der Waals surface area contributed by atoms with Gasteiger partial charge in [-0.25, -0.2) is 4.79 Å². The molecule has 0 aliphatic carbocycles. The van der Waals surface area contributed by atoms with Crippen molar-refractivity contribution in [3.63, 3.8) is 0 Å². The number of hydrogen-bond acceptors (Lipinski definition) is 8. The zero-order valence-electron chi connectivity index (χ0n) is 19.1. The highest BCUT2D eigenvalue weighted by Crippen LogP contribution is 2.16. The van der Waals surface area contributed by atoms with Gasteiger partial charge >= 0.3 is 19.1 Å². The van der Waals surface area contributed by atoms with Gasteiger partial charge in [0.15, 0.2) is 0 Å². The fourth-order valence-corrected chi connectivity index (χ4v) is 3.10. The van der Waals surface area contributed by atoms with E-state index in [9.17, 15) is 9.59 Å². The van der Waals surface area contributed by atoms with Crippen molar-refractivity contribution in [1.82, 2.24) is 0 Å². The first-order valence-corrected chi connectivity index (χ1v) is 11.1. The number of hydrogen-bond donors (Lipinski definition) is 3. The monoisotopic (exact) mass is 457 g/mol. The van der Waals surface area contributed by atoms with Crippen LogP contribution in [0.4, 0.5) is 0 Å². The molecule has 8 nitrogen and oxygen atoms in total. The summed E-state index contributed by atoms with van der Waals surface area (Å²) < 4.78 is 16.2. The van der Waals surface area contributed by atoms with Gasteiger partial charge in [0.25, 0.3) is 0 Å². The molecule has 2 aromatic rings. The van der Waals surface area contributed by atoms with Crippen LogP contribution in [0.3, 0.4) is 0 Å². The van der Waals surface area contributed by atoms with Crippen molar-refractivity contribution in [3.05, 3.63) is 54.1 Å². The van der Waals surface area contributed by atoms with Crippen molar-refractivity contribution in [1.29, 1.82) is 0 Å². The second kappa shape index (κ2) is 13.6. The smallest absolute Gasteiger partial charge is 0.488 e. The number of unbranched alkanes of at least 4 members (excludes halogenated alkanes) is 1. The summed E-state index contributed by atoms with van der Waals surface area (Å²) in [5, 5.41) is 18.2. The predicted octanol–water partition coefficient (Wildman–Crippen LogP) is 1.91. The second-order valence-electron chi connectivity index (χ2n) is 8.14. The van der Waals surface area contributed by atoms with Crippen molar-refractivity contribution >= 4 is 24.5 Å². The maximum absolute atomic E-state index is 12.2. The van der Waals surface area contributed by atoms with Crippen LogP contribution >= 0.6 is 0 Å². The molecule has 4 N–H and O–H groups in total. The van der Waals surface area contributed by atoms with E-state index in [0.29, 0.717) is 61.0 Å². The van der Waals surface area contributed by atoms with Gasteiger partial charge in [-0.15, -0.1) is 0 Å². The zero-order chi connectivity index (χ0) is 24.2. The average Bonchev–Trinajstić information content (AvgIpc) is 2.80. The first-order valence-electron chi connectivity index (χ1n) is 11.1. The normalized spacial score (nSPS) is 11.7. The maximum Gasteiger partial charge on any atom is 0.488 e. The van der Waals surface area contributed by atoms with Gasteiger partial charge in [-0.3, -0.25) is 4.79 Å². The summed E-state index contributed by atoms with van der Waals surface area (Å²) in [6.45, 7) is 5.18. The lowest BCUT2D eigenvalue weighted by Crippen LogP contribution is -2.29. The molecule has 0 spiro atoms. The molecule has 0 aliphatic rings. The molecule has 9 heteroatoms. The van der Waals surface area contributed by atoms with Crippen molar-refractivity contribution < 1.29 is 33.8 Å². The molecule has 33 heavy (non-hydrogen) atoms. The molecular weight excluding hydrogens is 425 g/mol. The Hall–Kier alpha value is -2.88. The molecule has 0 aliphatic heterocycles. The standard InChI is InChI=1S/C24H32BNO7/c1-17(2)15-19(16-26)23(27)32-14-4-3-13-31-21-9-5-18(6-10-21)24(28)33-22-11-7-20(8-12-22)25(29)30/h5-12,17,19,29-30H,3-4,13-16,26H2,1-2H3. The molecule has 0 amide bonds. The van der Waals surface area contributed by atoms with E-state index in [1.54, 1.807) is 24.3 Å². The molecule has 1 unspecified atom stereocenters. The van der Waals surface area contributed by atoms with E-state index >= 15 is 0 Å². The first kappa shape index (κ1) is 26.4. The van der Waals surface area contributed by atoms with Crippen molar-refractivity contribution in [3.8, 4) is 11.5 Å². The van der Waals surface area contributed by atoms with Crippen LogP contribution in [-0.4, -0.2) is 48.9 Å². The van der Waals surface area contributed by atoms with Gasteiger partial charge in [-0.05, 0) is 67.0 Å². The third-order valence-corrected chi connectivity index (χ3v) is 4.90. The third-order valence-electron chi connectivity index (χ3n) is 4.90. The SMILES string of the molecule is CC(C)CC(CN)C(=O)OCCCCOc1ccc(C(=O)Oc2ccc(B(O)O)cc2)cc1. The lowest BCUT2D eigenvalue weighted by molar-refractivity contribution is -0.148. The Balaban J connectivity index is 1.68. The summed E-state index contributed by atoms with van der Waals surface area (Å²) in [6, 6.07) is 12.5. The zero-order valence-corrected chi connectivity index (χ0v) is 19.1. The topological polar surface area (TPSA) is 128 Å². The van der Waals surface area contributed by atoms with Crippen LogP contribution in [0.1, 0.15) is 43.5 Å². The molecule has 2 rings (SSSR count). The van der Waals surface area contributed by atoms with Gasteiger partial charge in [0.2, 0.25) is 0 Å². The largest absolute Gasteiger partial charge is 0.494 e. The summed E-state index contributed by atoms with van der Waals surface area (Å²) in [6.07, 6.45) is 2.12. The molecule has 0 saturated carbocycles. The van der Waals surface area contributed by atoms with Gasteiger partial charge < -0.3 is 30.0 Å². The summed E-state index contributed by atoms with van der Waals surface area (Å²) >= 11 is 0. The Morgan fingerprint density at radius 1 is 0.939 bits per heavy atom.